The van der Waals surface area contributed by atoms with Crippen molar-refractivity contribution in [2.75, 3.05) is 30.5 Å². The SMILES string of the molecule is CCCCOCCNc1nc(C)nc(NN)c1C. The number of hydrogen-bond acceptors (Lipinski definition) is 6. The lowest BCUT2D eigenvalue weighted by molar-refractivity contribution is 0.141. The first-order valence-electron chi connectivity index (χ1n) is 6.32. The Morgan fingerprint density at radius 1 is 1.17 bits per heavy atom. The number of ether oxygens (including phenoxy) is 1. The van der Waals surface area contributed by atoms with E-state index in [4.69, 9.17) is 10.6 Å². The van der Waals surface area contributed by atoms with Gasteiger partial charge in [0.25, 0.3) is 0 Å². The van der Waals surface area contributed by atoms with E-state index in [-0.39, 0.29) is 0 Å². The number of nitrogens with zero attached hydrogens (tertiary/aromatic N) is 2. The van der Waals surface area contributed by atoms with Gasteiger partial charge in [-0.25, -0.2) is 15.8 Å². The van der Waals surface area contributed by atoms with Crippen LogP contribution in [0.25, 0.3) is 0 Å². The first-order valence-corrected chi connectivity index (χ1v) is 6.32. The van der Waals surface area contributed by atoms with E-state index < -0.39 is 0 Å². The molecule has 0 atom stereocenters. The summed E-state index contributed by atoms with van der Waals surface area (Å²) < 4.78 is 5.48. The molecule has 0 unspecified atom stereocenters. The highest BCUT2D eigenvalue weighted by Gasteiger charge is 2.07. The van der Waals surface area contributed by atoms with Gasteiger partial charge in [-0.1, -0.05) is 13.3 Å². The molecule has 4 N–H and O–H groups in total. The summed E-state index contributed by atoms with van der Waals surface area (Å²) in [6, 6.07) is 0. The third-order valence-electron chi connectivity index (χ3n) is 2.58. The van der Waals surface area contributed by atoms with Crippen LogP contribution in [0.3, 0.4) is 0 Å². The monoisotopic (exact) mass is 253 g/mol. The maximum atomic E-state index is 5.48. The third kappa shape index (κ3) is 4.46. The van der Waals surface area contributed by atoms with Gasteiger partial charge in [-0.05, 0) is 20.3 Å². The molecule has 1 aromatic rings. The van der Waals surface area contributed by atoms with Crippen molar-refractivity contribution in [2.24, 2.45) is 5.84 Å². The highest BCUT2D eigenvalue weighted by molar-refractivity contribution is 5.56. The molecule has 6 nitrogen and oxygen atoms in total. The van der Waals surface area contributed by atoms with Gasteiger partial charge in [0.1, 0.15) is 17.5 Å². The summed E-state index contributed by atoms with van der Waals surface area (Å²) in [5.74, 6) is 7.54. The van der Waals surface area contributed by atoms with E-state index in [1.54, 1.807) is 0 Å². The highest BCUT2D eigenvalue weighted by Crippen LogP contribution is 2.18. The summed E-state index contributed by atoms with van der Waals surface area (Å²) >= 11 is 0. The standard InChI is InChI=1S/C12H23N5O/c1-4-5-7-18-8-6-14-11-9(2)12(17-13)16-10(3)15-11/h4-8,13H2,1-3H3,(H2,14,15,16,17). The fraction of sp³-hybridized carbons (Fsp3) is 0.667. The van der Waals surface area contributed by atoms with E-state index in [2.05, 4.69) is 27.6 Å². The van der Waals surface area contributed by atoms with Crippen LogP contribution in [-0.4, -0.2) is 29.7 Å². The van der Waals surface area contributed by atoms with Crippen LogP contribution >= 0.6 is 0 Å². The van der Waals surface area contributed by atoms with E-state index >= 15 is 0 Å². The molecule has 0 saturated heterocycles. The first-order chi connectivity index (χ1) is 8.69. The van der Waals surface area contributed by atoms with Crippen molar-refractivity contribution in [3.63, 3.8) is 0 Å². The topological polar surface area (TPSA) is 85.1 Å². The van der Waals surface area contributed by atoms with Gasteiger partial charge in [0.15, 0.2) is 0 Å². The van der Waals surface area contributed by atoms with Gasteiger partial charge in [-0.2, -0.15) is 0 Å². The highest BCUT2D eigenvalue weighted by atomic mass is 16.5. The summed E-state index contributed by atoms with van der Waals surface area (Å²) in [4.78, 5) is 8.54. The van der Waals surface area contributed by atoms with Crippen LogP contribution in [0.15, 0.2) is 0 Å². The largest absolute Gasteiger partial charge is 0.380 e. The van der Waals surface area contributed by atoms with E-state index in [9.17, 15) is 0 Å². The number of hydrogen-bond donors (Lipinski definition) is 3. The lowest BCUT2D eigenvalue weighted by Crippen LogP contribution is -2.16. The van der Waals surface area contributed by atoms with Crippen LogP contribution in [-0.2, 0) is 4.74 Å². The Bertz CT molecular complexity index is 370. The van der Waals surface area contributed by atoms with Crippen molar-refractivity contribution >= 4 is 11.6 Å². The van der Waals surface area contributed by atoms with E-state index in [1.165, 1.54) is 0 Å². The minimum absolute atomic E-state index is 0.650. The van der Waals surface area contributed by atoms with Gasteiger partial charge in [0, 0.05) is 18.7 Å². The van der Waals surface area contributed by atoms with Crippen LogP contribution in [0.1, 0.15) is 31.2 Å². The van der Waals surface area contributed by atoms with E-state index in [0.29, 0.717) is 18.2 Å². The molecule has 1 rings (SSSR count). The second-order valence-corrected chi connectivity index (χ2v) is 4.13. The summed E-state index contributed by atoms with van der Waals surface area (Å²) in [6.07, 6.45) is 2.26. The van der Waals surface area contributed by atoms with Crippen LogP contribution in [0.4, 0.5) is 11.6 Å². The molecule has 18 heavy (non-hydrogen) atoms. The van der Waals surface area contributed by atoms with E-state index in [0.717, 1.165) is 37.4 Å². The summed E-state index contributed by atoms with van der Waals surface area (Å²) in [5.41, 5.74) is 3.49. The number of hydrazine groups is 1. The zero-order valence-corrected chi connectivity index (χ0v) is 11.4. The zero-order valence-electron chi connectivity index (χ0n) is 11.4. The van der Waals surface area contributed by atoms with Gasteiger partial charge >= 0.3 is 0 Å². The molecule has 0 saturated carbocycles. The van der Waals surface area contributed by atoms with Crippen LogP contribution in [0.2, 0.25) is 0 Å². The first kappa shape index (κ1) is 14.7. The second kappa shape index (κ2) is 7.84. The Hall–Kier alpha value is -1.40. The van der Waals surface area contributed by atoms with Crippen molar-refractivity contribution in [1.29, 1.82) is 0 Å². The van der Waals surface area contributed by atoms with Crippen molar-refractivity contribution in [3.8, 4) is 0 Å². The van der Waals surface area contributed by atoms with Crippen molar-refractivity contribution < 1.29 is 4.74 Å². The molecule has 0 aliphatic carbocycles. The molecule has 0 fully saturated rings. The minimum Gasteiger partial charge on any atom is -0.380 e. The van der Waals surface area contributed by atoms with Gasteiger partial charge in [0.2, 0.25) is 0 Å². The lowest BCUT2D eigenvalue weighted by Gasteiger charge is -2.12. The van der Waals surface area contributed by atoms with Gasteiger partial charge in [-0.15, -0.1) is 0 Å². The summed E-state index contributed by atoms with van der Waals surface area (Å²) in [6.45, 7) is 8.13. The normalized spacial score (nSPS) is 10.4. The Balaban J connectivity index is 2.44. The van der Waals surface area contributed by atoms with E-state index in [1.807, 2.05) is 13.8 Å². The molecule has 0 aliphatic rings. The average molecular weight is 253 g/mol. The Morgan fingerprint density at radius 3 is 2.56 bits per heavy atom. The number of nitrogens with two attached hydrogens (primary N) is 1. The van der Waals surface area contributed by atoms with Gasteiger partial charge in [-0.3, -0.25) is 0 Å². The predicted molar refractivity (Wildman–Crippen MR) is 73.5 cm³/mol. The third-order valence-corrected chi connectivity index (χ3v) is 2.58. The fourth-order valence-electron chi connectivity index (χ4n) is 1.53. The molecule has 0 spiro atoms. The number of unbranched alkanes of at least 4 members (excludes halogenated alkanes) is 1. The molecule has 0 amide bonds. The fourth-order valence-corrected chi connectivity index (χ4v) is 1.53. The van der Waals surface area contributed by atoms with Crippen molar-refractivity contribution in [2.45, 2.75) is 33.6 Å². The smallest absolute Gasteiger partial charge is 0.148 e. The molecule has 0 radical (unpaired) electrons. The molecular formula is C12H23N5O. The Kier molecular flexibility index (Phi) is 6.38. The van der Waals surface area contributed by atoms with Gasteiger partial charge < -0.3 is 15.5 Å². The Morgan fingerprint density at radius 2 is 1.89 bits per heavy atom. The molecule has 102 valence electrons. The number of nitrogens with one attached hydrogen (secondary N) is 2. The van der Waals surface area contributed by atoms with Crippen molar-refractivity contribution in [1.82, 2.24) is 9.97 Å². The summed E-state index contributed by atoms with van der Waals surface area (Å²) in [7, 11) is 0. The summed E-state index contributed by atoms with van der Waals surface area (Å²) in [5, 5.41) is 3.23. The number of aromatic nitrogens is 2. The molecule has 1 aromatic heterocycles. The average Bonchev–Trinajstić information content (AvgIpc) is 2.37. The van der Waals surface area contributed by atoms with Crippen LogP contribution in [0, 0.1) is 13.8 Å². The quantitative estimate of drug-likeness (QED) is 0.371. The van der Waals surface area contributed by atoms with Crippen LogP contribution < -0.4 is 16.6 Å². The molecule has 1 heterocycles. The number of anilines is 2. The van der Waals surface area contributed by atoms with Gasteiger partial charge in [0.05, 0.1) is 6.61 Å². The predicted octanol–water partition coefficient (Wildman–Crippen LogP) is 1.61. The maximum absolute atomic E-state index is 5.48. The molecule has 6 heteroatoms. The molecule has 0 aliphatic heterocycles. The molecule has 0 aromatic carbocycles. The minimum atomic E-state index is 0.650. The maximum Gasteiger partial charge on any atom is 0.148 e. The Labute approximate surface area is 108 Å². The second-order valence-electron chi connectivity index (χ2n) is 4.13. The number of nitrogen functional groups attached to an aromatic ring is 1. The molecule has 0 bridgehead atoms. The zero-order chi connectivity index (χ0) is 13.4. The number of aryl methyl sites for hydroxylation is 1. The van der Waals surface area contributed by atoms with Crippen molar-refractivity contribution in [3.05, 3.63) is 11.4 Å². The van der Waals surface area contributed by atoms with Crippen LogP contribution in [0.5, 0.6) is 0 Å². The lowest BCUT2D eigenvalue weighted by atomic mass is 10.3. The molecular weight excluding hydrogens is 230 g/mol. The number of rotatable bonds is 8.